The number of esters is 1. The van der Waals surface area contributed by atoms with Crippen LogP contribution in [0.25, 0.3) is 17.4 Å². The number of likely N-dealkylation sites (N-methyl/N-ethyl adjacent to an activating group) is 1. The van der Waals surface area contributed by atoms with Gasteiger partial charge in [-0.05, 0) is 44.2 Å². The second-order valence-corrected chi connectivity index (χ2v) is 5.81. The van der Waals surface area contributed by atoms with Crippen LogP contribution in [0.4, 0.5) is 4.39 Å². The standard InChI is InChI=1S/C20H21FN2O5/c1-3-22-20(26)13(2)23-18(24)12-27-19(25)11-9-14-8-10-17(28-14)15-6-4-5-7-16(15)21/h4-11,13H,3,12H2,1-2H3,(H,22,26)(H,23,24)/b11-9+/t13-/m1/s1. The minimum atomic E-state index is -0.760. The van der Waals surface area contributed by atoms with E-state index in [1.807, 2.05) is 0 Å². The minimum absolute atomic E-state index is 0.308. The molecule has 1 aromatic carbocycles. The third-order valence-corrected chi connectivity index (χ3v) is 3.62. The number of amides is 2. The molecule has 2 N–H and O–H groups in total. The Hall–Kier alpha value is -3.42. The fourth-order valence-electron chi connectivity index (χ4n) is 2.26. The van der Waals surface area contributed by atoms with E-state index in [-0.39, 0.29) is 5.91 Å². The highest BCUT2D eigenvalue weighted by molar-refractivity contribution is 5.91. The quantitative estimate of drug-likeness (QED) is 0.534. The molecular weight excluding hydrogens is 367 g/mol. The Kier molecular flexibility index (Phi) is 7.50. The summed E-state index contributed by atoms with van der Waals surface area (Å²) in [6.07, 6.45) is 2.44. The summed E-state index contributed by atoms with van der Waals surface area (Å²) in [6, 6.07) is 8.59. The number of hydrogen-bond donors (Lipinski definition) is 2. The molecule has 0 spiro atoms. The zero-order chi connectivity index (χ0) is 20.5. The Balaban J connectivity index is 1.83. The molecule has 0 saturated carbocycles. The Morgan fingerprint density at radius 3 is 2.68 bits per heavy atom. The Morgan fingerprint density at radius 1 is 1.21 bits per heavy atom. The van der Waals surface area contributed by atoms with E-state index in [1.54, 1.807) is 37.3 Å². The molecule has 2 aromatic rings. The predicted molar refractivity (Wildman–Crippen MR) is 100 cm³/mol. The van der Waals surface area contributed by atoms with E-state index in [4.69, 9.17) is 9.15 Å². The van der Waals surface area contributed by atoms with Crippen molar-refractivity contribution >= 4 is 23.9 Å². The zero-order valence-electron chi connectivity index (χ0n) is 15.5. The van der Waals surface area contributed by atoms with Gasteiger partial charge in [0.2, 0.25) is 5.91 Å². The number of rotatable bonds is 8. The molecule has 2 rings (SSSR count). The molecule has 0 unspecified atom stereocenters. The normalized spacial score (nSPS) is 11.8. The van der Waals surface area contributed by atoms with E-state index in [2.05, 4.69) is 10.6 Å². The highest BCUT2D eigenvalue weighted by Crippen LogP contribution is 2.25. The third-order valence-electron chi connectivity index (χ3n) is 3.62. The molecule has 28 heavy (non-hydrogen) atoms. The van der Waals surface area contributed by atoms with Gasteiger partial charge in [-0.3, -0.25) is 9.59 Å². The average Bonchev–Trinajstić information content (AvgIpc) is 3.14. The lowest BCUT2D eigenvalue weighted by Gasteiger charge is -2.12. The maximum Gasteiger partial charge on any atom is 0.331 e. The van der Waals surface area contributed by atoms with Gasteiger partial charge in [-0.2, -0.15) is 0 Å². The lowest BCUT2D eigenvalue weighted by molar-refractivity contribution is -0.144. The zero-order valence-corrected chi connectivity index (χ0v) is 15.5. The van der Waals surface area contributed by atoms with Crippen LogP contribution in [0, 0.1) is 5.82 Å². The van der Waals surface area contributed by atoms with Crippen molar-refractivity contribution in [3.8, 4) is 11.3 Å². The van der Waals surface area contributed by atoms with Crippen LogP contribution in [0.5, 0.6) is 0 Å². The van der Waals surface area contributed by atoms with Crippen molar-refractivity contribution < 1.29 is 27.9 Å². The molecule has 2 amide bonds. The van der Waals surface area contributed by atoms with Crippen LogP contribution in [0.1, 0.15) is 19.6 Å². The van der Waals surface area contributed by atoms with Crippen molar-refractivity contribution in [1.29, 1.82) is 0 Å². The highest BCUT2D eigenvalue weighted by atomic mass is 19.1. The van der Waals surface area contributed by atoms with Crippen molar-refractivity contribution in [2.24, 2.45) is 0 Å². The number of furan rings is 1. The molecule has 0 saturated heterocycles. The van der Waals surface area contributed by atoms with Gasteiger partial charge in [-0.25, -0.2) is 9.18 Å². The largest absolute Gasteiger partial charge is 0.457 e. The topological polar surface area (TPSA) is 97.6 Å². The summed E-state index contributed by atoms with van der Waals surface area (Å²) in [5.74, 6) is -1.45. The van der Waals surface area contributed by atoms with Crippen LogP contribution in [0.2, 0.25) is 0 Å². The molecule has 0 fully saturated rings. The van der Waals surface area contributed by atoms with Gasteiger partial charge in [0.25, 0.3) is 5.91 Å². The van der Waals surface area contributed by atoms with Gasteiger partial charge < -0.3 is 19.8 Å². The van der Waals surface area contributed by atoms with Crippen LogP contribution >= 0.6 is 0 Å². The van der Waals surface area contributed by atoms with E-state index in [0.29, 0.717) is 23.6 Å². The number of hydrogen-bond acceptors (Lipinski definition) is 5. The summed E-state index contributed by atoms with van der Waals surface area (Å²) in [5.41, 5.74) is 0.308. The number of nitrogens with one attached hydrogen (secondary N) is 2. The summed E-state index contributed by atoms with van der Waals surface area (Å²) in [5, 5.41) is 4.98. The van der Waals surface area contributed by atoms with Crippen molar-refractivity contribution in [1.82, 2.24) is 10.6 Å². The van der Waals surface area contributed by atoms with Crippen LogP contribution < -0.4 is 10.6 Å². The van der Waals surface area contributed by atoms with Gasteiger partial charge in [0.1, 0.15) is 23.4 Å². The average molecular weight is 388 g/mol. The minimum Gasteiger partial charge on any atom is -0.457 e. The molecule has 0 aliphatic heterocycles. The van der Waals surface area contributed by atoms with Gasteiger partial charge in [0.15, 0.2) is 6.61 Å². The number of benzene rings is 1. The smallest absolute Gasteiger partial charge is 0.331 e. The maximum atomic E-state index is 13.7. The predicted octanol–water partition coefficient (Wildman–Crippen LogP) is 2.28. The fraction of sp³-hybridized carbons (Fsp3) is 0.250. The van der Waals surface area contributed by atoms with Crippen molar-refractivity contribution in [2.75, 3.05) is 13.2 Å². The summed E-state index contributed by atoms with van der Waals surface area (Å²) in [6.45, 7) is 3.21. The number of carbonyl (C=O) groups is 3. The fourth-order valence-corrected chi connectivity index (χ4v) is 2.26. The first-order valence-electron chi connectivity index (χ1n) is 8.67. The second-order valence-electron chi connectivity index (χ2n) is 5.81. The van der Waals surface area contributed by atoms with Crippen LogP contribution in [-0.2, 0) is 19.1 Å². The number of ether oxygens (including phenoxy) is 1. The second kappa shape index (κ2) is 10.1. The number of halogens is 1. The summed E-state index contributed by atoms with van der Waals surface area (Å²) < 4.78 is 24.0. The SMILES string of the molecule is CCNC(=O)[C@@H](C)NC(=O)COC(=O)/C=C/c1ccc(-c2ccccc2F)o1. The number of carbonyl (C=O) groups excluding carboxylic acids is 3. The van der Waals surface area contributed by atoms with Gasteiger partial charge in [-0.15, -0.1) is 0 Å². The summed E-state index contributed by atoms with van der Waals surface area (Å²) in [4.78, 5) is 34.9. The van der Waals surface area contributed by atoms with Crippen LogP contribution in [-0.4, -0.2) is 37.0 Å². The molecule has 0 bridgehead atoms. The molecule has 1 atom stereocenters. The third kappa shape index (κ3) is 6.08. The van der Waals surface area contributed by atoms with Crippen molar-refractivity contribution in [2.45, 2.75) is 19.9 Å². The van der Waals surface area contributed by atoms with Crippen molar-refractivity contribution in [3.63, 3.8) is 0 Å². The molecule has 1 heterocycles. The molecular formula is C20H21FN2O5. The Morgan fingerprint density at radius 2 is 1.96 bits per heavy atom. The van der Waals surface area contributed by atoms with E-state index in [1.165, 1.54) is 19.1 Å². The Bertz CT molecular complexity index is 875. The van der Waals surface area contributed by atoms with E-state index >= 15 is 0 Å². The molecule has 7 nitrogen and oxygen atoms in total. The van der Waals surface area contributed by atoms with Crippen LogP contribution in [0.15, 0.2) is 46.9 Å². The van der Waals surface area contributed by atoms with Crippen LogP contribution in [0.3, 0.4) is 0 Å². The molecule has 0 aliphatic rings. The van der Waals surface area contributed by atoms with Gasteiger partial charge in [0, 0.05) is 12.6 Å². The highest BCUT2D eigenvalue weighted by Gasteiger charge is 2.15. The monoisotopic (exact) mass is 388 g/mol. The van der Waals surface area contributed by atoms with E-state index in [0.717, 1.165) is 6.08 Å². The summed E-state index contributed by atoms with van der Waals surface area (Å²) in [7, 11) is 0. The summed E-state index contributed by atoms with van der Waals surface area (Å²) >= 11 is 0. The first-order chi connectivity index (χ1) is 13.4. The van der Waals surface area contributed by atoms with Gasteiger partial charge >= 0.3 is 5.97 Å². The molecule has 1 aromatic heterocycles. The van der Waals surface area contributed by atoms with Gasteiger partial charge in [0.05, 0.1) is 5.56 Å². The maximum absolute atomic E-state index is 13.7. The lowest BCUT2D eigenvalue weighted by atomic mass is 10.1. The molecule has 0 radical (unpaired) electrons. The van der Waals surface area contributed by atoms with Crippen molar-refractivity contribution in [3.05, 3.63) is 54.1 Å². The first-order valence-corrected chi connectivity index (χ1v) is 8.67. The van der Waals surface area contributed by atoms with E-state index < -0.39 is 30.3 Å². The molecule has 0 aliphatic carbocycles. The van der Waals surface area contributed by atoms with Gasteiger partial charge in [-0.1, -0.05) is 12.1 Å². The first kappa shape index (κ1) is 20.9. The molecule has 148 valence electrons. The lowest BCUT2D eigenvalue weighted by Crippen LogP contribution is -2.46. The Labute approximate surface area is 161 Å². The molecule has 8 heteroatoms. The van der Waals surface area contributed by atoms with E-state index in [9.17, 15) is 18.8 Å².